The van der Waals surface area contributed by atoms with Crippen molar-refractivity contribution in [2.75, 3.05) is 0 Å². The van der Waals surface area contributed by atoms with E-state index in [1.807, 2.05) is 0 Å². The van der Waals surface area contributed by atoms with Crippen LogP contribution in [-0.4, -0.2) is 15.0 Å². The molecule has 0 bridgehead atoms. The maximum atomic E-state index is 4.29. The first-order valence-corrected chi connectivity index (χ1v) is 4.55. The van der Waals surface area contributed by atoms with Crippen molar-refractivity contribution in [3.8, 4) is 0 Å². The average molecular weight is 218 g/mol. The molecule has 0 saturated heterocycles. The third-order valence-corrected chi connectivity index (χ3v) is 2.06. The summed E-state index contributed by atoms with van der Waals surface area (Å²) in [7, 11) is 0. The molecule has 3 nitrogen and oxygen atoms in total. The van der Waals surface area contributed by atoms with E-state index in [1.54, 1.807) is 4.80 Å². The predicted octanol–water partition coefficient (Wildman–Crippen LogP) is 2.18. The Labute approximate surface area is 74.9 Å². The van der Waals surface area contributed by atoms with Gasteiger partial charge in [0.05, 0.1) is 11.7 Å². The van der Waals surface area contributed by atoms with Gasteiger partial charge in [-0.3, -0.25) is 0 Å². The summed E-state index contributed by atoms with van der Waals surface area (Å²) < 4.78 is 0.869. The van der Waals surface area contributed by atoms with Gasteiger partial charge in [0, 0.05) is 0 Å². The van der Waals surface area contributed by atoms with Crippen molar-refractivity contribution in [2.45, 2.75) is 33.2 Å². The second-order valence-electron chi connectivity index (χ2n) is 2.71. The summed E-state index contributed by atoms with van der Waals surface area (Å²) >= 11 is 3.35. The molecule has 0 N–H and O–H groups in total. The van der Waals surface area contributed by atoms with Gasteiger partial charge in [0.25, 0.3) is 0 Å². The minimum absolute atomic E-state index is 0.339. The Balaban J connectivity index is 2.95. The van der Waals surface area contributed by atoms with Crippen molar-refractivity contribution >= 4 is 15.9 Å². The van der Waals surface area contributed by atoms with Gasteiger partial charge >= 0.3 is 0 Å². The summed E-state index contributed by atoms with van der Waals surface area (Å²) in [6, 6.07) is 0.339. The van der Waals surface area contributed by atoms with Gasteiger partial charge in [0.1, 0.15) is 0 Å². The zero-order valence-corrected chi connectivity index (χ0v) is 8.59. The number of halogens is 1. The first-order valence-electron chi connectivity index (χ1n) is 3.76. The maximum Gasteiger partial charge on any atom is 0.151 e. The second-order valence-corrected chi connectivity index (χ2v) is 3.46. The van der Waals surface area contributed by atoms with E-state index >= 15 is 0 Å². The van der Waals surface area contributed by atoms with Crippen molar-refractivity contribution in [3.05, 3.63) is 10.3 Å². The van der Waals surface area contributed by atoms with Crippen LogP contribution in [0.4, 0.5) is 0 Å². The van der Waals surface area contributed by atoms with Crippen molar-refractivity contribution in [1.82, 2.24) is 15.0 Å². The Hall–Kier alpha value is -0.380. The highest BCUT2D eigenvalue weighted by Gasteiger charge is 2.07. The van der Waals surface area contributed by atoms with E-state index < -0.39 is 0 Å². The van der Waals surface area contributed by atoms with E-state index in [1.165, 1.54) is 0 Å². The Morgan fingerprint density at radius 1 is 1.45 bits per heavy atom. The van der Waals surface area contributed by atoms with E-state index in [-0.39, 0.29) is 0 Å². The van der Waals surface area contributed by atoms with Crippen molar-refractivity contribution in [1.29, 1.82) is 0 Å². The van der Waals surface area contributed by atoms with E-state index in [0.717, 1.165) is 16.7 Å². The standard InChI is InChI=1S/C7H12BrN3/c1-4-6-7(8)10-11(9-6)5(2)3/h5H,4H2,1-3H3. The molecule has 11 heavy (non-hydrogen) atoms. The quantitative estimate of drug-likeness (QED) is 0.761. The Bertz CT molecular complexity index is 242. The van der Waals surface area contributed by atoms with Crippen molar-refractivity contribution < 1.29 is 0 Å². The van der Waals surface area contributed by atoms with Crippen LogP contribution >= 0.6 is 15.9 Å². The third kappa shape index (κ3) is 1.80. The topological polar surface area (TPSA) is 30.7 Å². The Morgan fingerprint density at radius 3 is 2.36 bits per heavy atom. The molecule has 0 saturated carbocycles. The lowest BCUT2D eigenvalue weighted by atomic mass is 10.4. The summed E-state index contributed by atoms with van der Waals surface area (Å²) in [6.45, 7) is 6.19. The molecular formula is C7H12BrN3. The van der Waals surface area contributed by atoms with Crippen molar-refractivity contribution in [3.63, 3.8) is 0 Å². The lowest BCUT2D eigenvalue weighted by Crippen LogP contribution is -2.04. The molecule has 4 heteroatoms. The van der Waals surface area contributed by atoms with E-state index in [4.69, 9.17) is 0 Å². The highest BCUT2D eigenvalue weighted by Crippen LogP contribution is 2.13. The van der Waals surface area contributed by atoms with E-state index in [2.05, 4.69) is 46.9 Å². The fraction of sp³-hybridized carbons (Fsp3) is 0.714. The lowest BCUT2D eigenvalue weighted by molar-refractivity contribution is 0.462. The number of aryl methyl sites for hydroxylation is 1. The Morgan fingerprint density at radius 2 is 2.09 bits per heavy atom. The highest BCUT2D eigenvalue weighted by molar-refractivity contribution is 9.10. The van der Waals surface area contributed by atoms with Crippen LogP contribution in [0, 0.1) is 0 Å². The molecule has 0 aliphatic heterocycles. The molecule has 0 aromatic carbocycles. The summed E-state index contributed by atoms with van der Waals surface area (Å²) in [5.74, 6) is 0. The minimum atomic E-state index is 0.339. The van der Waals surface area contributed by atoms with Gasteiger partial charge in [-0.05, 0) is 36.2 Å². The second kappa shape index (κ2) is 3.34. The fourth-order valence-corrected chi connectivity index (χ4v) is 1.30. The van der Waals surface area contributed by atoms with Gasteiger partial charge in [-0.2, -0.15) is 9.90 Å². The number of nitrogens with zero attached hydrogens (tertiary/aromatic N) is 3. The minimum Gasteiger partial charge on any atom is -0.181 e. The van der Waals surface area contributed by atoms with E-state index in [9.17, 15) is 0 Å². The van der Waals surface area contributed by atoms with Crippen LogP contribution in [0.3, 0.4) is 0 Å². The molecule has 0 aliphatic rings. The number of rotatable bonds is 2. The largest absolute Gasteiger partial charge is 0.181 e. The molecule has 1 aromatic rings. The normalized spacial score (nSPS) is 11.0. The van der Waals surface area contributed by atoms with Gasteiger partial charge in [0.2, 0.25) is 0 Å². The molecule has 0 radical (unpaired) electrons. The first kappa shape index (κ1) is 8.71. The average Bonchev–Trinajstić information content (AvgIpc) is 2.31. The number of hydrogen-bond donors (Lipinski definition) is 0. The lowest BCUT2D eigenvalue weighted by Gasteiger charge is -2.00. The summed E-state index contributed by atoms with van der Waals surface area (Å²) in [5.41, 5.74) is 1.03. The Kier molecular flexibility index (Phi) is 2.65. The zero-order valence-electron chi connectivity index (χ0n) is 7.00. The van der Waals surface area contributed by atoms with Crippen LogP contribution in [0.15, 0.2) is 4.60 Å². The highest BCUT2D eigenvalue weighted by atomic mass is 79.9. The third-order valence-electron chi connectivity index (χ3n) is 1.45. The van der Waals surface area contributed by atoms with Crippen LogP contribution in [0.5, 0.6) is 0 Å². The van der Waals surface area contributed by atoms with Gasteiger partial charge in [-0.25, -0.2) is 0 Å². The molecule has 0 unspecified atom stereocenters. The SMILES string of the molecule is CCc1nn(C(C)C)nc1Br. The van der Waals surface area contributed by atoms with Gasteiger partial charge in [-0.1, -0.05) is 6.92 Å². The van der Waals surface area contributed by atoms with E-state index in [0.29, 0.717) is 6.04 Å². The summed E-state index contributed by atoms with van der Waals surface area (Å²) in [5, 5.41) is 8.49. The maximum absolute atomic E-state index is 4.29. The molecule has 1 aromatic heterocycles. The predicted molar refractivity (Wildman–Crippen MR) is 47.5 cm³/mol. The smallest absolute Gasteiger partial charge is 0.151 e. The molecule has 0 amide bonds. The fourth-order valence-electron chi connectivity index (χ4n) is 0.782. The van der Waals surface area contributed by atoms with Crippen LogP contribution < -0.4 is 0 Å². The van der Waals surface area contributed by atoms with Crippen LogP contribution in [0.1, 0.15) is 32.5 Å². The van der Waals surface area contributed by atoms with Gasteiger partial charge in [0.15, 0.2) is 4.60 Å². The molecule has 0 aliphatic carbocycles. The summed E-state index contributed by atoms with van der Waals surface area (Å²) in [6.07, 6.45) is 0.924. The van der Waals surface area contributed by atoms with Gasteiger partial charge in [-0.15, -0.1) is 5.10 Å². The summed E-state index contributed by atoms with van der Waals surface area (Å²) in [4.78, 5) is 1.73. The van der Waals surface area contributed by atoms with Crippen molar-refractivity contribution in [2.24, 2.45) is 0 Å². The molecular weight excluding hydrogens is 206 g/mol. The molecule has 62 valence electrons. The monoisotopic (exact) mass is 217 g/mol. The van der Waals surface area contributed by atoms with Crippen LogP contribution in [0.2, 0.25) is 0 Å². The van der Waals surface area contributed by atoms with Crippen LogP contribution in [-0.2, 0) is 6.42 Å². The zero-order chi connectivity index (χ0) is 8.43. The van der Waals surface area contributed by atoms with Gasteiger partial charge < -0.3 is 0 Å². The molecule has 1 heterocycles. The first-order chi connectivity index (χ1) is 5.15. The van der Waals surface area contributed by atoms with Crippen LogP contribution in [0.25, 0.3) is 0 Å². The molecule has 0 atom stereocenters. The number of aromatic nitrogens is 3. The number of hydrogen-bond acceptors (Lipinski definition) is 2. The molecule has 0 fully saturated rings. The molecule has 1 rings (SSSR count). The molecule has 0 spiro atoms.